The lowest BCUT2D eigenvalue weighted by Gasteiger charge is -2.28. The molecule has 1 saturated heterocycles. The number of nitrogens with zero attached hydrogens (tertiary/aromatic N) is 2. The zero-order valence-electron chi connectivity index (χ0n) is 14.4. The fraction of sp³-hybridized carbons (Fsp3) is 0.588. The monoisotopic (exact) mass is 335 g/mol. The predicted octanol–water partition coefficient (Wildman–Crippen LogP) is 1.11. The SMILES string of the molecule is CC(=O)N1CCCN(C(=O)C(NC(=O)c2ccco2)C(C)C)CC1. The third kappa shape index (κ3) is 4.37. The van der Waals surface area contributed by atoms with Gasteiger partial charge in [-0.15, -0.1) is 0 Å². The first kappa shape index (κ1) is 18.0. The van der Waals surface area contributed by atoms with Crippen LogP contribution < -0.4 is 5.32 Å². The lowest BCUT2D eigenvalue weighted by Crippen LogP contribution is -2.52. The third-order valence-electron chi connectivity index (χ3n) is 4.22. The Hall–Kier alpha value is -2.31. The highest BCUT2D eigenvalue weighted by molar-refractivity contribution is 5.95. The Kier molecular flexibility index (Phi) is 6.00. The summed E-state index contributed by atoms with van der Waals surface area (Å²) in [6.45, 7) is 7.58. The summed E-state index contributed by atoms with van der Waals surface area (Å²) in [7, 11) is 0. The first-order valence-corrected chi connectivity index (χ1v) is 8.29. The number of furan rings is 1. The number of nitrogens with one attached hydrogen (secondary N) is 1. The number of hydrogen-bond acceptors (Lipinski definition) is 4. The zero-order chi connectivity index (χ0) is 17.7. The highest BCUT2D eigenvalue weighted by atomic mass is 16.3. The van der Waals surface area contributed by atoms with E-state index in [1.54, 1.807) is 21.9 Å². The first-order chi connectivity index (χ1) is 11.4. The molecule has 0 saturated carbocycles. The molecule has 2 heterocycles. The van der Waals surface area contributed by atoms with E-state index in [2.05, 4.69) is 5.32 Å². The second kappa shape index (κ2) is 7.99. The summed E-state index contributed by atoms with van der Waals surface area (Å²) in [5, 5.41) is 2.77. The Morgan fingerprint density at radius 1 is 1.12 bits per heavy atom. The molecule has 1 aliphatic rings. The van der Waals surface area contributed by atoms with E-state index < -0.39 is 11.9 Å². The average Bonchev–Trinajstić information content (AvgIpc) is 2.95. The molecule has 1 fully saturated rings. The Labute approximate surface area is 142 Å². The van der Waals surface area contributed by atoms with Gasteiger partial charge in [-0.05, 0) is 24.5 Å². The zero-order valence-corrected chi connectivity index (χ0v) is 14.4. The third-order valence-corrected chi connectivity index (χ3v) is 4.22. The molecule has 1 N–H and O–H groups in total. The van der Waals surface area contributed by atoms with Crippen LogP contribution in [-0.4, -0.2) is 59.7 Å². The van der Waals surface area contributed by atoms with Crippen molar-refractivity contribution in [2.75, 3.05) is 26.2 Å². The van der Waals surface area contributed by atoms with E-state index in [1.165, 1.54) is 13.2 Å². The van der Waals surface area contributed by atoms with Crippen molar-refractivity contribution in [3.63, 3.8) is 0 Å². The second-order valence-corrected chi connectivity index (χ2v) is 6.36. The van der Waals surface area contributed by atoms with E-state index in [4.69, 9.17) is 4.42 Å². The smallest absolute Gasteiger partial charge is 0.287 e. The van der Waals surface area contributed by atoms with Crippen LogP contribution in [0.1, 0.15) is 37.7 Å². The van der Waals surface area contributed by atoms with Gasteiger partial charge in [0.15, 0.2) is 5.76 Å². The van der Waals surface area contributed by atoms with Crippen molar-refractivity contribution in [1.29, 1.82) is 0 Å². The maximum atomic E-state index is 12.9. The molecule has 132 valence electrons. The summed E-state index contributed by atoms with van der Waals surface area (Å²) >= 11 is 0. The van der Waals surface area contributed by atoms with Crippen molar-refractivity contribution in [3.05, 3.63) is 24.2 Å². The summed E-state index contributed by atoms with van der Waals surface area (Å²) in [5.74, 6) is -0.353. The highest BCUT2D eigenvalue weighted by Gasteiger charge is 2.30. The van der Waals surface area contributed by atoms with E-state index >= 15 is 0 Å². The van der Waals surface area contributed by atoms with Crippen molar-refractivity contribution in [2.45, 2.75) is 33.2 Å². The molecule has 0 radical (unpaired) electrons. The van der Waals surface area contributed by atoms with Gasteiger partial charge in [0.25, 0.3) is 5.91 Å². The van der Waals surface area contributed by atoms with Crippen LogP contribution in [-0.2, 0) is 9.59 Å². The molecular weight excluding hydrogens is 310 g/mol. The molecule has 1 aliphatic heterocycles. The molecule has 7 nitrogen and oxygen atoms in total. The minimum absolute atomic E-state index is 0.0239. The first-order valence-electron chi connectivity index (χ1n) is 8.29. The van der Waals surface area contributed by atoms with Crippen LogP contribution in [0.5, 0.6) is 0 Å². The normalized spacial score (nSPS) is 16.7. The van der Waals surface area contributed by atoms with Crippen molar-refractivity contribution in [1.82, 2.24) is 15.1 Å². The molecule has 24 heavy (non-hydrogen) atoms. The minimum atomic E-state index is -0.619. The summed E-state index contributed by atoms with van der Waals surface area (Å²) in [5.41, 5.74) is 0. The Morgan fingerprint density at radius 3 is 2.38 bits per heavy atom. The van der Waals surface area contributed by atoms with Crippen molar-refractivity contribution < 1.29 is 18.8 Å². The van der Waals surface area contributed by atoms with E-state index in [0.717, 1.165) is 6.42 Å². The molecule has 0 aromatic carbocycles. The largest absolute Gasteiger partial charge is 0.459 e. The van der Waals surface area contributed by atoms with Crippen molar-refractivity contribution in [2.24, 2.45) is 5.92 Å². The van der Waals surface area contributed by atoms with Gasteiger partial charge in [0, 0.05) is 33.1 Å². The van der Waals surface area contributed by atoms with Gasteiger partial charge in [0.2, 0.25) is 11.8 Å². The molecule has 2 rings (SSSR count). The maximum absolute atomic E-state index is 12.9. The summed E-state index contributed by atoms with van der Waals surface area (Å²) in [4.78, 5) is 40.0. The Balaban J connectivity index is 2.03. The van der Waals surface area contributed by atoms with Crippen LogP contribution in [0, 0.1) is 5.92 Å². The fourth-order valence-corrected chi connectivity index (χ4v) is 2.78. The van der Waals surface area contributed by atoms with Gasteiger partial charge < -0.3 is 19.5 Å². The van der Waals surface area contributed by atoms with Crippen molar-refractivity contribution >= 4 is 17.7 Å². The summed E-state index contributed by atoms with van der Waals surface area (Å²) < 4.78 is 5.08. The van der Waals surface area contributed by atoms with Gasteiger partial charge in [-0.2, -0.15) is 0 Å². The number of carbonyl (C=O) groups is 3. The molecule has 1 unspecified atom stereocenters. The Bertz CT molecular complexity index is 583. The van der Waals surface area contributed by atoms with Crippen LogP contribution in [0.2, 0.25) is 0 Å². The summed E-state index contributed by atoms with van der Waals surface area (Å²) in [6, 6.07) is 2.58. The minimum Gasteiger partial charge on any atom is -0.459 e. The standard InChI is InChI=1S/C17H25N3O4/c1-12(2)15(18-16(22)14-6-4-11-24-14)17(23)20-8-5-7-19(9-10-20)13(3)21/h4,6,11-12,15H,5,7-10H2,1-3H3,(H,18,22). The van der Waals surface area contributed by atoms with E-state index in [9.17, 15) is 14.4 Å². The maximum Gasteiger partial charge on any atom is 0.287 e. The molecular formula is C17H25N3O4. The molecule has 0 bridgehead atoms. The number of hydrogen-bond donors (Lipinski definition) is 1. The molecule has 0 spiro atoms. The van der Waals surface area contributed by atoms with Gasteiger partial charge in [-0.1, -0.05) is 13.8 Å². The van der Waals surface area contributed by atoms with Gasteiger partial charge in [-0.25, -0.2) is 0 Å². The van der Waals surface area contributed by atoms with E-state index in [0.29, 0.717) is 26.2 Å². The lowest BCUT2D eigenvalue weighted by molar-refractivity contribution is -0.135. The Morgan fingerprint density at radius 2 is 1.79 bits per heavy atom. The van der Waals surface area contributed by atoms with Gasteiger partial charge >= 0.3 is 0 Å². The molecule has 1 aromatic rings. The fourth-order valence-electron chi connectivity index (χ4n) is 2.78. The molecule has 1 atom stereocenters. The average molecular weight is 335 g/mol. The van der Waals surface area contributed by atoms with Crippen LogP contribution in [0.25, 0.3) is 0 Å². The topological polar surface area (TPSA) is 82.9 Å². The highest BCUT2D eigenvalue weighted by Crippen LogP contribution is 2.11. The number of rotatable bonds is 4. The quantitative estimate of drug-likeness (QED) is 0.894. The van der Waals surface area contributed by atoms with Crippen LogP contribution >= 0.6 is 0 Å². The van der Waals surface area contributed by atoms with Crippen molar-refractivity contribution in [3.8, 4) is 0 Å². The van der Waals surface area contributed by atoms with Crippen LogP contribution in [0.4, 0.5) is 0 Å². The molecule has 3 amide bonds. The van der Waals surface area contributed by atoms with E-state index in [1.807, 2.05) is 13.8 Å². The second-order valence-electron chi connectivity index (χ2n) is 6.36. The van der Waals surface area contributed by atoms with Gasteiger partial charge in [-0.3, -0.25) is 14.4 Å². The predicted molar refractivity (Wildman–Crippen MR) is 88.3 cm³/mol. The van der Waals surface area contributed by atoms with Crippen LogP contribution in [0.3, 0.4) is 0 Å². The van der Waals surface area contributed by atoms with Gasteiger partial charge in [0.05, 0.1) is 6.26 Å². The molecule has 0 aliphatic carbocycles. The molecule has 1 aromatic heterocycles. The summed E-state index contributed by atoms with van der Waals surface area (Å²) in [6.07, 6.45) is 2.16. The van der Waals surface area contributed by atoms with E-state index in [-0.39, 0.29) is 23.5 Å². The number of carbonyl (C=O) groups excluding carboxylic acids is 3. The van der Waals surface area contributed by atoms with Gasteiger partial charge in [0.1, 0.15) is 6.04 Å². The number of amides is 3. The van der Waals surface area contributed by atoms with Crippen LogP contribution in [0.15, 0.2) is 22.8 Å². The molecule has 7 heteroatoms. The lowest BCUT2D eigenvalue weighted by atomic mass is 10.0.